The Labute approximate surface area is 158 Å². The topological polar surface area (TPSA) is 76.4 Å². The molecule has 1 aromatic heterocycles. The fourth-order valence-corrected chi connectivity index (χ4v) is 3.27. The van der Waals surface area contributed by atoms with Crippen LogP contribution in [0.3, 0.4) is 0 Å². The quantitative estimate of drug-likeness (QED) is 0.619. The molecule has 1 unspecified atom stereocenters. The van der Waals surface area contributed by atoms with Crippen LogP contribution in [0, 0.1) is 6.92 Å². The van der Waals surface area contributed by atoms with Crippen LogP contribution in [0.5, 0.6) is 5.75 Å². The lowest BCUT2D eigenvalue weighted by Gasteiger charge is -2.25. The first kappa shape index (κ1) is 18.5. The Morgan fingerprint density at radius 1 is 1.46 bits per heavy atom. The van der Waals surface area contributed by atoms with Gasteiger partial charge in [0, 0.05) is 23.7 Å². The Morgan fingerprint density at radius 2 is 2.31 bits per heavy atom. The number of methoxy groups -OCH3 is 1. The number of nitrogens with zero attached hydrogens (tertiary/aromatic N) is 4. The first-order chi connectivity index (χ1) is 12.6. The predicted octanol–water partition coefficient (Wildman–Crippen LogP) is 2.84. The van der Waals surface area contributed by atoms with Gasteiger partial charge in [-0.05, 0) is 38.8 Å². The third-order valence-electron chi connectivity index (χ3n) is 4.29. The molecule has 2 N–H and O–H groups in total. The van der Waals surface area contributed by atoms with Crippen molar-refractivity contribution in [3.8, 4) is 5.75 Å². The van der Waals surface area contributed by atoms with Crippen molar-refractivity contribution in [1.82, 2.24) is 25.4 Å². The summed E-state index contributed by atoms with van der Waals surface area (Å²) in [6.45, 7) is 6.17. The Bertz CT molecular complexity index is 788. The van der Waals surface area contributed by atoms with E-state index in [2.05, 4.69) is 20.7 Å². The first-order valence-corrected chi connectivity index (χ1v) is 9.27. The minimum absolute atomic E-state index is 0.106. The number of halogens is 1. The maximum Gasteiger partial charge on any atom is 0.192 e. The molecule has 26 heavy (non-hydrogen) atoms. The zero-order valence-electron chi connectivity index (χ0n) is 15.4. The van der Waals surface area contributed by atoms with Crippen molar-refractivity contribution in [2.75, 3.05) is 13.7 Å². The van der Waals surface area contributed by atoms with E-state index >= 15 is 0 Å². The molecule has 0 saturated carbocycles. The van der Waals surface area contributed by atoms with E-state index in [0.29, 0.717) is 11.6 Å². The Balaban J connectivity index is 1.76. The van der Waals surface area contributed by atoms with Crippen LogP contribution >= 0.6 is 11.6 Å². The van der Waals surface area contributed by atoms with Crippen LogP contribution in [0.1, 0.15) is 43.0 Å². The molecule has 1 aromatic carbocycles. The van der Waals surface area contributed by atoms with E-state index in [0.717, 1.165) is 54.9 Å². The number of ether oxygens (including phenoxy) is 1. The summed E-state index contributed by atoms with van der Waals surface area (Å²) in [5.74, 6) is 3.28. The summed E-state index contributed by atoms with van der Waals surface area (Å²) < 4.78 is 7.39. The van der Waals surface area contributed by atoms with Crippen molar-refractivity contribution in [2.45, 2.75) is 45.8 Å². The van der Waals surface area contributed by atoms with Crippen molar-refractivity contribution >= 4 is 17.6 Å². The van der Waals surface area contributed by atoms with E-state index in [-0.39, 0.29) is 6.04 Å². The van der Waals surface area contributed by atoms with Crippen LogP contribution in [-0.2, 0) is 13.1 Å². The van der Waals surface area contributed by atoms with Crippen LogP contribution in [0.2, 0.25) is 5.02 Å². The highest BCUT2D eigenvalue weighted by molar-refractivity contribution is 6.30. The SMILES string of the molecule is CCNC(=NCc1ccc(Cl)cc1OC)NC1CCCn2nc(C)nc21. The molecule has 0 spiro atoms. The van der Waals surface area contributed by atoms with Gasteiger partial charge < -0.3 is 15.4 Å². The molecule has 1 aliphatic heterocycles. The monoisotopic (exact) mass is 376 g/mol. The van der Waals surface area contributed by atoms with Crippen LogP contribution in [-0.4, -0.2) is 34.4 Å². The smallest absolute Gasteiger partial charge is 0.192 e. The molecule has 140 valence electrons. The summed E-state index contributed by atoms with van der Waals surface area (Å²) in [6.07, 6.45) is 2.07. The third-order valence-corrected chi connectivity index (χ3v) is 4.53. The average Bonchev–Trinajstić information content (AvgIpc) is 3.01. The number of aliphatic imine (C=N–C) groups is 1. The molecule has 0 radical (unpaired) electrons. The minimum Gasteiger partial charge on any atom is -0.496 e. The van der Waals surface area contributed by atoms with Crippen molar-refractivity contribution < 1.29 is 4.74 Å². The zero-order valence-corrected chi connectivity index (χ0v) is 16.2. The summed E-state index contributed by atoms with van der Waals surface area (Å²) in [5, 5.41) is 11.9. The molecular formula is C18H25ClN6O. The highest BCUT2D eigenvalue weighted by Gasteiger charge is 2.24. The highest BCUT2D eigenvalue weighted by atomic mass is 35.5. The van der Waals surface area contributed by atoms with Crippen molar-refractivity contribution in [2.24, 2.45) is 4.99 Å². The maximum absolute atomic E-state index is 6.03. The fraction of sp³-hybridized carbons (Fsp3) is 0.500. The van der Waals surface area contributed by atoms with Crippen LogP contribution in [0.4, 0.5) is 0 Å². The van der Waals surface area contributed by atoms with Gasteiger partial charge >= 0.3 is 0 Å². The number of benzene rings is 1. The second-order valence-electron chi connectivity index (χ2n) is 6.23. The van der Waals surface area contributed by atoms with Gasteiger partial charge in [-0.3, -0.25) is 0 Å². The van der Waals surface area contributed by atoms with Gasteiger partial charge in [-0.2, -0.15) is 5.10 Å². The molecule has 1 atom stereocenters. The molecule has 0 amide bonds. The first-order valence-electron chi connectivity index (χ1n) is 8.89. The molecule has 1 aliphatic rings. The van der Waals surface area contributed by atoms with E-state index < -0.39 is 0 Å². The number of aryl methyl sites for hydroxylation is 2. The van der Waals surface area contributed by atoms with Gasteiger partial charge in [0.1, 0.15) is 17.4 Å². The second-order valence-corrected chi connectivity index (χ2v) is 6.67. The molecule has 2 heterocycles. The molecule has 3 rings (SSSR count). The van der Waals surface area contributed by atoms with E-state index in [1.807, 2.05) is 30.7 Å². The predicted molar refractivity (Wildman–Crippen MR) is 103 cm³/mol. The molecule has 0 aliphatic carbocycles. The molecular weight excluding hydrogens is 352 g/mol. The van der Waals surface area contributed by atoms with Gasteiger partial charge in [0.2, 0.25) is 0 Å². The van der Waals surface area contributed by atoms with Gasteiger partial charge in [-0.25, -0.2) is 14.7 Å². The van der Waals surface area contributed by atoms with Gasteiger partial charge in [0.05, 0.1) is 19.7 Å². The molecule has 7 nitrogen and oxygen atoms in total. The summed E-state index contributed by atoms with van der Waals surface area (Å²) in [6, 6.07) is 5.70. The van der Waals surface area contributed by atoms with E-state index in [9.17, 15) is 0 Å². The lowest BCUT2D eigenvalue weighted by atomic mass is 10.1. The van der Waals surface area contributed by atoms with Crippen molar-refractivity contribution in [3.05, 3.63) is 40.4 Å². The summed E-state index contributed by atoms with van der Waals surface area (Å²) in [4.78, 5) is 9.28. The summed E-state index contributed by atoms with van der Waals surface area (Å²) in [7, 11) is 1.64. The molecule has 0 fully saturated rings. The minimum atomic E-state index is 0.106. The zero-order chi connectivity index (χ0) is 18.5. The van der Waals surface area contributed by atoms with Gasteiger partial charge in [-0.15, -0.1) is 0 Å². The second kappa shape index (κ2) is 8.40. The molecule has 0 saturated heterocycles. The Kier molecular flexibility index (Phi) is 5.98. The lowest BCUT2D eigenvalue weighted by Crippen LogP contribution is -2.41. The number of fused-ring (bicyclic) bond motifs is 1. The Hall–Kier alpha value is -2.28. The molecule has 8 heteroatoms. The number of nitrogens with one attached hydrogen (secondary N) is 2. The van der Waals surface area contributed by atoms with Crippen molar-refractivity contribution in [1.29, 1.82) is 0 Å². The number of hydrogen-bond acceptors (Lipinski definition) is 4. The third kappa shape index (κ3) is 4.27. The summed E-state index contributed by atoms with van der Waals surface area (Å²) in [5.41, 5.74) is 0.983. The maximum atomic E-state index is 6.03. The van der Waals surface area contributed by atoms with Crippen LogP contribution in [0.25, 0.3) is 0 Å². The van der Waals surface area contributed by atoms with Crippen molar-refractivity contribution in [3.63, 3.8) is 0 Å². The number of rotatable bonds is 5. The number of hydrogen-bond donors (Lipinski definition) is 2. The number of aromatic nitrogens is 3. The fourth-order valence-electron chi connectivity index (χ4n) is 3.10. The van der Waals surface area contributed by atoms with Crippen LogP contribution in [0.15, 0.2) is 23.2 Å². The van der Waals surface area contributed by atoms with Gasteiger partial charge in [0.25, 0.3) is 0 Å². The highest BCUT2D eigenvalue weighted by Crippen LogP contribution is 2.25. The van der Waals surface area contributed by atoms with E-state index in [1.165, 1.54) is 0 Å². The lowest BCUT2D eigenvalue weighted by molar-refractivity contribution is 0.397. The van der Waals surface area contributed by atoms with E-state index in [1.54, 1.807) is 13.2 Å². The molecule has 2 aromatic rings. The van der Waals surface area contributed by atoms with Crippen LogP contribution < -0.4 is 15.4 Å². The standard InChI is InChI=1S/C18H25ClN6O/c1-4-20-18(21-11-13-7-8-14(19)10-16(13)26-3)23-15-6-5-9-25-17(15)22-12(2)24-25/h7-8,10,15H,4-6,9,11H2,1-3H3,(H2,20,21,23). The van der Waals surface area contributed by atoms with Gasteiger partial charge in [0.15, 0.2) is 5.96 Å². The summed E-state index contributed by atoms with van der Waals surface area (Å²) >= 11 is 6.03. The Morgan fingerprint density at radius 3 is 3.08 bits per heavy atom. The van der Waals surface area contributed by atoms with Gasteiger partial charge in [-0.1, -0.05) is 17.7 Å². The normalized spacial score (nSPS) is 16.9. The average molecular weight is 377 g/mol. The van der Waals surface area contributed by atoms with E-state index in [4.69, 9.17) is 21.3 Å². The molecule has 0 bridgehead atoms. The number of guanidine groups is 1. The largest absolute Gasteiger partial charge is 0.496 e.